The number of rotatable bonds is 4. The lowest BCUT2D eigenvalue weighted by Crippen LogP contribution is -2.18. The summed E-state index contributed by atoms with van der Waals surface area (Å²) in [6, 6.07) is 10.5. The van der Waals surface area contributed by atoms with E-state index in [9.17, 15) is 4.79 Å². The minimum Gasteiger partial charge on any atom is -0.295 e. The monoisotopic (exact) mass is 349 g/mol. The van der Waals surface area contributed by atoms with E-state index in [1.165, 1.54) is 28.3 Å². The second-order valence-electron chi connectivity index (χ2n) is 7.35. The number of allylic oxidation sites excluding steroid dienone is 3. The molecule has 1 fully saturated rings. The molecule has 1 heterocycles. The van der Waals surface area contributed by atoms with Crippen LogP contribution in [-0.4, -0.2) is 10.8 Å². The van der Waals surface area contributed by atoms with Gasteiger partial charge in [-0.25, -0.2) is 4.98 Å². The van der Waals surface area contributed by atoms with Gasteiger partial charge < -0.3 is 0 Å². The van der Waals surface area contributed by atoms with Crippen LogP contribution in [0.25, 0.3) is 16.0 Å². The molecule has 0 spiro atoms. The highest BCUT2D eigenvalue weighted by molar-refractivity contribution is 7.15. The highest BCUT2D eigenvalue weighted by Crippen LogP contribution is 2.48. The summed E-state index contributed by atoms with van der Waals surface area (Å²) >= 11 is 1.81. The fourth-order valence-electron chi connectivity index (χ4n) is 3.47. The second-order valence-corrected chi connectivity index (χ2v) is 8.38. The van der Waals surface area contributed by atoms with Crippen LogP contribution in [0.2, 0.25) is 0 Å². The Kier molecular flexibility index (Phi) is 4.20. The molecule has 0 radical (unpaired) electrons. The Balaban J connectivity index is 1.85. The summed E-state index contributed by atoms with van der Waals surface area (Å²) in [5.41, 5.74) is 5.35. The van der Waals surface area contributed by atoms with E-state index in [2.05, 4.69) is 30.8 Å². The average molecular weight is 349 g/mol. The molecule has 0 amide bonds. The Labute approximate surface area is 153 Å². The van der Waals surface area contributed by atoms with Crippen molar-refractivity contribution in [1.82, 2.24) is 4.98 Å². The lowest BCUT2D eigenvalue weighted by Gasteiger charge is -2.25. The highest BCUT2D eigenvalue weighted by atomic mass is 32.1. The number of Topliss-reactive ketones (excluding diaryl/α,β-unsaturated/α-hetero) is 1. The molecule has 0 N–H and O–H groups in total. The minimum atomic E-state index is 0.237. The van der Waals surface area contributed by atoms with Gasteiger partial charge in [0.15, 0.2) is 5.78 Å². The number of hydrogen-bond acceptors (Lipinski definition) is 3. The second kappa shape index (κ2) is 6.38. The van der Waals surface area contributed by atoms with Crippen molar-refractivity contribution < 1.29 is 4.79 Å². The minimum absolute atomic E-state index is 0.237. The first-order valence-electron chi connectivity index (χ1n) is 8.99. The topological polar surface area (TPSA) is 30.0 Å². The summed E-state index contributed by atoms with van der Waals surface area (Å²) in [4.78, 5) is 18.8. The third kappa shape index (κ3) is 3.13. The maximum Gasteiger partial charge on any atom is 0.159 e. The van der Waals surface area contributed by atoms with E-state index in [-0.39, 0.29) is 11.7 Å². The molecule has 25 heavy (non-hydrogen) atoms. The van der Waals surface area contributed by atoms with Crippen molar-refractivity contribution in [3.63, 3.8) is 0 Å². The van der Waals surface area contributed by atoms with Gasteiger partial charge in [0.1, 0.15) is 0 Å². The van der Waals surface area contributed by atoms with Crippen molar-refractivity contribution in [3.05, 3.63) is 58.8 Å². The predicted molar refractivity (Wildman–Crippen MR) is 105 cm³/mol. The molecule has 1 saturated carbocycles. The Morgan fingerprint density at radius 3 is 2.56 bits per heavy atom. The van der Waals surface area contributed by atoms with Gasteiger partial charge in [0.25, 0.3) is 0 Å². The summed E-state index contributed by atoms with van der Waals surface area (Å²) in [5.74, 6) is 1.11. The van der Waals surface area contributed by atoms with Crippen molar-refractivity contribution in [1.29, 1.82) is 0 Å². The molecular weight excluding hydrogens is 326 g/mol. The third-order valence-electron chi connectivity index (χ3n) is 5.34. The van der Waals surface area contributed by atoms with Gasteiger partial charge in [0.05, 0.1) is 15.6 Å². The van der Waals surface area contributed by atoms with E-state index in [1.807, 2.05) is 31.3 Å². The number of carbonyl (C=O) groups is 1. The standard InChI is InChI=1S/C22H23NOS/c1-13(2)17-11-18(14(3)19(24)12-17)20-21(15-7-5-4-6-8-15)25-22(23-20)16-9-10-16/h4-8,16-17H,1,9-12H2,2-3H3. The molecule has 2 aromatic rings. The van der Waals surface area contributed by atoms with Crippen molar-refractivity contribution in [2.75, 3.05) is 0 Å². The van der Waals surface area contributed by atoms with E-state index in [1.54, 1.807) is 0 Å². The normalized spacial score (nSPS) is 20.9. The number of hydrogen-bond donors (Lipinski definition) is 0. The van der Waals surface area contributed by atoms with Crippen LogP contribution < -0.4 is 0 Å². The Hall–Kier alpha value is -2.00. The molecule has 0 saturated heterocycles. The summed E-state index contributed by atoms with van der Waals surface area (Å²) < 4.78 is 0. The summed E-state index contributed by atoms with van der Waals surface area (Å²) in [5, 5.41) is 1.24. The van der Waals surface area contributed by atoms with Crippen LogP contribution in [0.1, 0.15) is 56.2 Å². The van der Waals surface area contributed by atoms with Crippen molar-refractivity contribution in [3.8, 4) is 10.4 Å². The quantitative estimate of drug-likeness (QED) is 0.632. The number of aromatic nitrogens is 1. The number of nitrogens with zero attached hydrogens (tertiary/aromatic N) is 1. The van der Waals surface area contributed by atoms with Gasteiger partial charge in [0.2, 0.25) is 0 Å². The van der Waals surface area contributed by atoms with Gasteiger partial charge >= 0.3 is 0 Å². The first kappa shape index (κ1) is 16.5. The molecule has 0 aliphatic heterocycles. The average Bonchev–Trinajstić information content (AvgIpc) is 3.37. The van der Waals surface area contributed by atoms with Gasteiger partial charge in [-0.15, -0.1) is 11.3 Å². The lowest BCUT2D eigenvalue weighted by molar-refractivity contribution is -0.116. The molecule has 1 unspecified atom stereocenters. The summed E-state index contributed by atoms with van der Waals surface area (Å²) in [6.45, 7) is 8.10. The van der Waals surface area contributed by atoms with E-state index >= 15 is 0 Å². The van der Waals surface area contributed by atoms with Crippen LogP contribution in [0.5, 0.6) is 0 Å². The Morgan fingerprint density at radius 1 is 1.20 bits per heavy atom. The number of ketones is 1. The van der Waals surface area contributed by atoms with Crippen LogP contribution in [-0.2, 0) is 4.79 Å². The molecule has 1 atom stereocenters. The number of thiazole rings is 1. The molecule has 4 rings (SSSR count). The fraction of sp³-hybridized carbons (Fsp3) is 0.364. The van der Waals surface area contributed by atoms with E-state index in [0.717, 1.165) is 28.8 Å². The van der Waals surface area contributed by atoms with Gasteiger partial charge in [0, 0.05) is 12.3 Å². The predicted octanol–water partition coefficient (Wildman–Crippen LogP) is 6.02. The Morgan fingerprint density at radius 2 is 1.92 bits per heavy atom. The van der Waals surface area contributed by atoms with Crippen molar-refractivity contribution >= 4 is 22.7 Å². The molecule has 128 valence electrons. The lowest BCUT2D eigenvalue weighted by atomic mass is 9.79. The van der Waals surface area contributed by atoms with Crippen LogP contribution in [0, 0.1) is 5.92 Å². The van der Waals surface area contributed by atoms with Crippen molar-refractivity contribution in [2.45, 2.75) is 45.4 Å². The van der Waals surface area contributed by atoms with Crippen LogP contribution in [0.15, 0.2) is 48.1 Å². The van der Waals surface area contributed by atoms with Gasteiger partial charge in [-0.05, 0) is 55.7 Å². The highest BCUT2D eigenvalue weighted by Gasteiger charge is 2.32. The van der Waals surface area contributed by atoms with Gasteiger partial charge in [-0.2, -0.15) is 0 Å². The first-order chi connectivity index (χ1) is 12.0. The molecule has 0 bridgehead atoms. The van der Waals surface area contributed by atoms with Gasteiger partial charge in [-0.1, -0.05) is 42.5 Å². The molecule has 1 aromatic heterocycles. The smallest absolute Gasteiger partial charge is 0.159 e. The zero-order chi connectivity index (χ0) is 17.6. The molecule has 2 aliphatic carbocycles. The number of benzene rings is 1. The van der Waals surface area contributed by atoms with Crippen LogP contribution in [0.4, 0.5) is 0 Å². The van der Waals surface area contributed by atoms with E-state index in [0.29, 0.717) is 12.3 Å². The largest absolute Gasteiger partial charge is 0.295 e. The summed E-state index contributed by atoms with van der Waals surface area (Å²) in [7, 11) is 0. The maximum atomic E-state index is 12.6. The molecular formula is C22H23NOS. The van der Waals surface area contributed by atoms with Gasteiger partial charge in [-0.3, -0.25) is 4.79 Å². The SMILES string of the molecule is C=C(C)C1CC(=O)C(C)=C(c2nc(C3CC3)sc2-c2ccccc2)C1. The number of carbonyl (C=O) groups excluding carboxylic acids is 1. The zero-order valence-electron chi connectivity index (χ0n) is 14.8. The van der Waals surface area contributed by atoms with Crippen LogP contribution in [0.3, 0.4) is 0 Å². The Bertz CT molecular complexity index is 871. The van der Waals surface area contributed by atoms with E-state index < -0.39 is 0 Å². The molecule has 3 heteroatoms. The van der Waals surface area contributed by atoms with Crippen LogP contribution >= 0.6 is 11.3 Å². The van der Waals surface area contributed by atoms with E-state index in [4.69, 9.17) is 4.98 Å². The third-order valence-corrected chi connectivity index (χ3v) is 6.61. The molecule has 2 nitrogen and oxygen atoms in total. The first-order valence-corrected chi connectivity index (χ1v) is 9.81. The summed E-state index contributed by atoms with van der Waals surface area (Å²) in [6.07, 6.45) is 3.95. The molecule has 2 aliphatic rings. The maximum absolute atomic E-state index is 12.6. The molecule has 1 aromatic carbocycles. The van der Waals surface area contributed by atoms with Crippen molar-refractivity contribution in [2.24, 2.45) is 5.92 Å². The zero-order valence-corrected chi connectivity index (χ0v) is 15.7. The fourth-order valence-corrected chi connectivity index (χ4v) is 4.74.